The van der Waals surface area contributed by atoms with Gasteiger partial charge in [-0.25, -0.2) is 4.39 Å². The SMILES string of the molecule is Cc1nnc(COC(=O)C(C)N2CCN(c3ccc(F)cc3)CC2)o1. The second kappa shape index (κ2) is 7.60. The predicted octanol–water partition coefficient (Wildman–Crippen LogP) is 1.77. The molecule has 25 heavy (non-hydrogen) atoms. The molecule has 134 valence electrons. The minimum atomic E-state index is -0.348. The maximum atomic E-state index is 13.0. The fourth-order valence-electron chi connectivity index (χ4n) is 2.82. The number of rotatable bonds is 5. The highest BCUT2D eigenvalue weighted by atomic mass is 19.1. The van der Waals surface area contributed by atoms with E-state index in [1.807, 2.05) is 6.92 Å². The summed E-state index contributed by atoms with van der Waals surface area (Å²) >= 11 is 0. The van der Waals surface area contributed by atoms with Crippen LogP contribution in [0.1, 0.15) is 18.7 Å². The van der Waals surface area contributed by atoms with Gasteiger partial charge >= 0.3 is 5.97 Å². The van der Waals surface area contributed by atoms with E-state index < -0.39 is 0 Å². The third-order valence-electron chi connectivity index (χ3n) is 4.30. The number of esters is 1. The molecule has 0 radical (unpaired) electrons. The zero-order valence-corrected chi connectivity index (χ0v) is 14.3. The fraction of sp³-hybridized carbons (Fsp3) is 0.471. The lowest BCUT2D eigenvalue weighted by Gasteiger charge is -2.38. The van der Waals surface area contributed by atoms with E-state index in [4.69, 9.17) is 9.15 Å². The number of nitrogens with zero attached hydrogens (tertiary/aromatic N) is 4. The summed E-state index contributed by atoms with van der Waals surface area (Å²) in [5.74, 6) is 0.177. The maximum Gasteiger partial charge on any atom is 0.323 e. The second-order valence-electron chi connectivity index (χ2n) is 6.00. The molecule has 1 aromatic carbocycles. The summed E-state index contributed by atoms with van der Waals surface area (Å²) in [6.07, 6.45) is 0. The normalized spacial score (nSPS) is 16.7. The molecule has 1 aliphatic rings. The summed E-state index contributed by atoms with van der Waals surface area (Å²) in [4.78, 5) is 16.4. The Labute approximate surface area is 145 Å². The lowest BCUT2D eigenvalue weighted by Crippen LogP contribution is -2.52. The van der Waals surface area contributed by atoms with Gasteiger partial charge in [-0.15, -0.1) is 10.2 Å². The smallest absolute Gasteiger partial charge is 0.323 e. The third-order valence-corrected chi connectivity index (χ3v) is 4.30. The Balaban J connectivity index is 1.48. The Kier molecular flexibility index (Phi) is 5.28. The number of halogens is 1. The molecule has 1 unspecified atom stereocenters. The molecule has 1 aromatic heterocycles. The molecule has 0 spiro atoms. The van der Waals surface area contributed by atoms with Crippen molar-refractivity contribution in [2.45, 2.75) is 26.5 Å². The molecule has 0 saturated carbocycles. The average Bonchev–Trinajstić information content (AvgIpc) is 3.05. The molecule has 0 bridgehead atoms. The lowest BCUT2D eigenvalue weighted by molar-refractivity contribution is -0.151. The molecule has 0 aliphatic carbocycles. The van der Waals surface area contributed by atoms with Gasteiger partial charge in [0.15, 0.2) is 6.61 Å². The Morgan fingerprint density at radius 1 is 1.24 bits per heavy atom. The van der Waals surface area contributed by atoms with Gasteiger partial charge in [0.05, 0.1) is 0 Å². The highest BCUT2D eigenvalue weighted by Crippen LogP contribution is 2.18. The number of aromatic nitrogens is 2. The maximum absolute atomic E-state index is 13.0. The zero-order valence-electron chi connectivity index (χ0n) is 14.3. The van der Waals surface area contributed by atoms with Crippen molar-refractivity contribution in [3.05, 3.63) is 41.9 Å². The Bertz CT molecular complexity index is 711. The lowest BCUT2D eigenvalue weighted by atomic mass is 10.2. The van der Waals surface area contributed by atoms with Gasteiger partial charge in [0, 0.05) is 38.8 Å². The molecule has 7 nitrogen and oxygen atoms in total. The largest absolute Gasteiger partial charge is 0.454 e. The van der Waals surface area contributed by atoms with Gasteiger partial charge in [0.25, 0.3) is 5.89 Å². The molecule has 8 heteroatoms. The van der Waals surface area contributed by atoms with Crippen LogP contribution in [0.4, 0.5) is 10.1 Å². The van der Waals surface area contributed by atoms with Crippen LogP contribution in [0.25, 0.3) is 0 Å². The fourth-order valence-corrected chi connectivity index (χ4v) is 2.82. The molecule has 0 amide bonds. The first kappa shape index (κ1) is 17.3. The number of hydrogen-bond acceptors (Lipinski definition) is 7. The number of aryl methyl sites for hydroxylation is 1. The molecule has 2 aromatic rings. The summed E-state index contributed by atoms with van der Waals surface area (Å²) in [7, 11) is 0. The average molecular weight is 348 g/mol. The molecule has 2 heterocycles. The van der Waals surface area contributed by atoms with Gasteiger partial charge in [-0.2, -0.15) is 0 Å². The van der Waals surface area contributed by atoms with Crippen molar-refractivity contribution in [1.29, 1.82) is 0 Å². The van der Waals surface area contributed by atoms with Crippen LogP contribution in [0, 0.1) is 12.7 Å². The molecule has 3 rings (SSSR count). The second-order valence-corrected chi connectivity index (χ2v) is 6.00. The minimum Gasteiger partial charge on any atom is -0.454 e. The van der Waals surface area contributed by atoms with Crippen molar-refractivity contribution in [2.24, 2.45) is 0 Å². The first-order valence-electron chi connectivity index (χ1n) is 8.23. The van der Waals surface area contributed by atoms with Crippen molar-refractivity contribution >= 4 is 11.7 Å². The van der Waals surface area contributed by atoms with E-state index in [1.165, 1.54) is 12.1 Å². The molecule has 1 fully saturated rings. The van der Waals surface area contributed by atoms with Crippen LogP contribution in [0.2, 0.25) is 0 Å². The number of piperazine rings is 1. The standard InChI is InChI=1S/C17H21FN4O3/c1-12(17(23)24-11-16-20-19-13(2)25-16)21-7-9-22(10-8-21)15-5-3-14(18)4-6-15/h3-6,12H,7-11H2,1-2H3. The van der Waals surface area contributed by atoms with E-state index in [-0.39, 0.29) is 24.4 Å². The van der Waals surface area contributed by atoms with E-state index >= 15 is 0 Å². The number of carbonyl (C=O) groups is 1. The molecule has 1 saturated heterocycles. The highest BCUT2D eigenvalue weighted by molar-refractivity contribution is 5.75. The Morgan fingerprint density at radius 3 is 2.52 bits per heavy atom. The molecule has 0 N–H and O–H groups in total. The predicted molar refractivity (Wildman–Crippen MR) is 88.5 cm³/mol. The van der Waals surface area contributed by atoms with Crippen LogP contribution in [-0.4, -0.2) is 53.3 Å². The van der Waals surface area contributed by atoms with Gasteiger partial charge in [0.1, 0.15) is 11.9 Å². The zero-order chi connectivity index (χ0) is 17.8. The van der Waals surface area contributed by atoms with Gasteiger partial charge in [-0.3, -0.25) is 9.69 Å². The van der Waals surface area contributed by atoms with Gasteiger partial charge < -0.3 is 14.1 Å². The van der Waals surface area contributed by atoms with Crippen molar-refractivity contribution < 1.29 is 18.3 Å². The van der Waals surface area contributed by atoms with Gasteiger partial charge in [0.2, 0.25) is 5.89 Å². The summed E-state index contributed by atoms with van der Waals surface area (Å²) < 4.78 is 23.4. The molecular weight excluding hydrogens is 327 g/mol. The van der Waals surface area contributed by atoms with Gasteiger partial charge in [-0.05, 0) is 31.2 Å². The van der Waals surface area contributed by atoms with Crippen LogP contribution in [0.15, 0.2) is 28.7 Å². The van der Waals surface area contributed by atoms with E-state index in [0.717, 1.165) is 31.9 Å². The van der Waals surface area contributed by atoms with Crippen LogP contribution >= 0.6 is 0 Å². The minimum absolute atomic E-state index is 0.0143. The van der Waals surface area contributed by atoms with E-state index in [1.54, 1.807) is 19.1 Å². The van der Waals surface area contributed by atoms with Crippen molar-refractivity contribution in [3.63, 3.8) is 0 Å². The number of benzene rings is 1. The van der Waals surface area contributed by atoms with Crippen molar-refractivity contribution in [1.82, 2.24) is 15.1 Å². The van der Waals surface area contributed by atoms with Crippen LogP contribution in [0.3, 0.4) is 0 Å². The van der Waals surface area contributed by atoms with Gasteiger partial charge in [-0.1, -0.05) is 0 Å². The molecular formula is C17H21FN4O3. The summed E-state index contributed by atoms with van der Waals surface area (Å²) in [6.45, 7) is 6.49. The molecule has 1 atom stereocenters. The van der Waals surface area contributed by atoms with Crippen LogP contribution in [0.5, 0.6) is 0 Å². The Hall–Kier alpha value is -2.48. The van der Waals surface area contributed by atoms with Crippen LogP contribution < -0.4 is 4.90 Å². The summed E-state index contributed by atoms with van der Waals surface area (Å²) in [6, 6.07) is 6.12. The van der Waals surface area contributed by atoms with Crippen molar-refractivity contribution in [2.75, 3.05) is 31.1 Å². The topological polar surface area (TPSA) is 71.7 Å². The van der Waals surface area contributed by atoms with E-state index in [9.17, 15) is 9.18 Å². The first-order valence-corrected chi connectivity index (χ1v) is 8.23. The summed E-state index contributed by atoms with van der Waals surface area (Å²) in [5.41, 5.74) is 0.989. The number of ether oxygens (including phenoxy) is 1. The number of anilines is 1. The van der Waals surface area contributed by atoms with Crippen LogP contribution in [-0.2, 0) is 16.1 Å². The monoisotopic (exact) mass is 348 g/mol. The first-order chi connectivity index (χ1) is 12.0. The van der Waals surface area contributed by atoms with E-state index in [0.29, 0.717) is 11.8 Å². The van der Waals surface area contributed by atoms with E-state index in [2.05, 4.69) is 20.0 Å². The number of hydrogen-bond donors (Lipinski definition) is 0. The quantitative estimate of drug-likeness (QED) is 0.763. The Morgan fingerprint density at radius 2 is 1.92 bits per heavy atom. The summed E-state index contributed by atoms with van der Waals surface area (Å²) in [5, 5.41) is 7.49. The van der Waals surface area contributed by atoms with Crippen molar-refractivity contribution in [3.8, 4) is 0 Å². The number of carbonyl (C=O) groups excluding carboxylic acids is 1. The third kappa shape index (κ3) is 4.33. The molecule has 1 aliphatic heterocycles. The highest BCUT2D eigenvalue weighted by Gasteiger charge is 2.27.